The van der Waals surface area contributed by atoms with E-state index in [1.54, 1.807) is 7.11 Å². The second kappa shape index (κ2) is 9.81. The van der Waals surface area contributed by atoms with E-state index in [-0.39, 0.29) is 6.10 Å². The molecule has 0 aromatic rings. The van der Waals surface area contributed by atoms with E-state index in [0.29, 0.717) is 40.6 Å². The fourth-order valence-corrected chi connectivity index (χ4v) is 11.1. The van der Waals surface area contributed by atoms with Crippen LogP contribution in [0, 0.1) is 57.7 Å². The molecule has 0 aromatic heterocycles. The zero-order chi connectivity index (χ0) is 25.9. The summed E-state index contributed by atoms with van der Waals surface area (Å²) in [7, 11) is 1.73. The minimum absolute atomic E-state index is 0.125. The van der Waals surface area contributed by atoms with Crippen LogP contribution in [0.15, 0.2) is 0 Å². The van der Waals surface area contributed by atoms with Crippen LogP contribution in [0.3, 0.4) is 0 Å². The van der Waals surface area contributed by atoms with Gasteiger partial charge in [-0.1, -0.05) is 34.6 Å². The molecule has 5 saturated carbocycles. The topological polar surface area (TPSA) is 49.7 Å². The van der Waals surface area contributed by atoms with Crippen molar-refractivity contribution in [1.29, 1.82) is 0 Å². The Balaban J connectivity index is 1.24. The zero-order valence-electron chi connectivity index (χ0n) is 24.5. The Kier molecular flexibility index (Phi) is 7.48. The van der Waals surface area contributed by atoms with Crippen LogP contribution in [0.25, 0.3) is 0 Å². The molecular formula is C33H58O3. The molecule has 10 atom stereocenters. The fourth-order valence-electron chi connectivity index (χ4n) is 11.1. The smallest absolute Gasteiger partial charge is 0.0883 e. The highest BCUT2D eigenvalue weighted by Crippen LogP contribution is 2.69. The molecule has 3 nitrogen and oxygen atoms in total. The molecule has 0 heterocycles. The van der Waals surface area contributed by atoms with Gasteiger partial charge >= 0.3 is 0 Å². The van der Waals surface area contributed by atoms with Crippen LogP contribution in [-0.4, -0.2) is 35.6 Å². The summed E-state index contributed by atoms with van der Waals surface area (Å²) in [5.74, 6) is 5.01. The number of aliphatic hydroxyl groups excluding tert-OH is 1. The maximum atomic E-state index is 11.5. The number of methoxy groups -OCH3 is 1. The molecule has 0 bridgehead atoms. The molecule has 0 amide bonds. The Morgan fingerprint density at radius 1 is 0.806 bits per heavy atom. The summed E-state index contributed by atoms with van der Waals surface area (Å²) in [5, 5.41) is 22.6. The Labute approximate surface area is 222 Å². The Bertz CT molecular complexity index is 769. The van der Waals surface area contributed by atoms with E-state index < -0.39 is 5.60 Å². The fraction of sp³-hybridized carbons (Fsp3) is 1.00. The molecule has 208 valence electrons. The molecule has 0 saturated heterocycles. The molecule has 5 rings (SSSR count). The number of aliphatic hydroxyl groups is 2. The van der Waals surface area contributed by atoms with Crippen molar-refractivity contribution < 1.29 is 14.9 Å². The van der Waals surface area contributed by atoms with Gasteiger partial charge in [-0.2, -0.15) is 0 Å². The minimum Gasteiger partial charge on any atom is -0.393 e. The molecule has 36 heavy (non-hydrogen) atoms. The Morgan fingerprint density at radius 2 is 1.50 bits per heavy atom. The van der Waals surface area contributed by atoms with E-state index in [1.165, 1.54) is 70.6 Å². The van der Waals surface area contributed by atoms with Gasteiger partial charge in [0.1, 0.15) is 0 Å². The van der Waals surface area contributed by atoms with E-state index in [9.17, 15) is 10.2 Å². The van der Waals surface area contributed by atoms with Gasteiger partial charge in [0.05, 0.1) is 18.3 Å². The molecule has 0 radical (unpaired) electrons. The number of hydrogen-bond donors (Lipinski definition) is 2. The summed E-state index contributed by atoms with van der Waals surface area (Å²) in [6.45, 7) is 12.9. The van der Waals surface area contributed by atoms with Crippen LogP contribution in [-0.2, 0) is 4.74 Å². The summed E-state index contributed by atoms with van der Waals surface area (Å²) in [6, 6.07) is 0. The first-order chi connectivity index (χ1) is 16.9. The van der Waals surface area contributed by atoms with E-state index in [0.717, 1.165) is 42.9 Å². The summed E-state index contributed by atoms with van der Waals surface area (Å²) in [4.78, 5) is 0. The largest absolute Gasteiger partial charge is 0.393 e. The van der Waals surface area contributed by atoms with Crippen molar-refractivity contribution in [3.8, 4) is 0 Å². The highest BCUT2D eigenvalue weighted by molar-refractivity contribution is 5.11. The van der Waals surface area contributed by atoms with Gasteiger partial charge in [-0.15, -0.1) is 0 Å². The van der Waals surface area contributed by atoms with E-state index in [2.05, 4.69) is 34.6 Å². The average Bonchev–Trinajstić information content (AvgIpc) is 3.18. The quantitative estimate of drug-likeness (QED) is 0.392. The van der Waals surface area contributed by atoms with Gasteiger partial charge in [-0.3, -0.25) is 0 Å². The molecule has 2 N–H and O–H groups in total. The standard InChI is InChI=1S/C33H58O3/c1-22(29(34)19-23-11-14-30(2,3)15-12-23)26-9-10-27-25-8-7-24-20-33(35,21-36-6)18-17-31(24,4)28(25)13-16-32(26,27)5/h22-29,34-35H,7-21H2,1-6H3/t22-,24?,25?,26?,27?,28?,29-,31?,32?,33?/m0/s1. The first-order valence-corrected chi connectivity index (χ1v) is 15.8. The number of ether oxygens (including phenoxy) is 1. The minimum atomic E-state index is -0.604. The van der Waals surface area contributed by atoms with Crippen LogP contribution in [0.1, 0.15) is 125 Å². The van der Waals surface area contributed by atoms with E-state index >= 15 is 0 Å². The van der Waals surface area contributed by atoms with Crippen molar-refractivity contribution in [1.82, 2.24) is 0 Å². The highest BCUT2D eigenvalue weighted by Gasteiger charge is 2.62. The maximum absolute atomic E-state index is 11.5. The summed E-state index contributed by atoms with van der Waals surface area (Å²) in [5.41, 5.74) is 0.703. The molecule has 0 aromatic carbocycles. The second-order valence-electron chi connectivity index (χ2n) is 16.0. The lowest BCUT2D eigenvalue weighted by Crippen LogP contribution is -2.57. The van der Waals surface area contributed by atoms with E-state index in [1.807, 2.05) is 0 Å². The van der Waals surface area contributed by atoms with Crippen LogP contribution in [0.5, 0.6) is 0 Å². The van der Waals surface area contributed by atoms with Crippen LogP contribution in [0.2, 0.25) is 0 Å². The number of hydrogen-bond acceptors (Lipinski definition) is 3. The molecule has 0 aliphatic heterocycles. The van der Waals surface area contributed by atoms with Crippen LogP contribution in [0.4, 0.5) is 0 Å². The van der Waals surface area contributed by atoms with E-state index in [4.69, 9.17) is 4.74 Å². The summed E-state index contributed by atoms with van der Waals surface area (Å²) >= 11 is 0. The zero-order valence-corrected chi connectivity index (χ0v) is 24.5. The highest BCUT2D eigenvalue weighted by atomic mass is 16.5. The third-order valence-electron chi connectivity index (χ3n) is 13.6. The molecule has 8 unspecified atom stereocenters. The SMILES string of the molecule is COCC1(O)CCC2(C)C(CCC3C2CCC2(C)C3CCC2[C@H](C)[C@@H](O)CC2CCC(C)(C)CC2)C1. The monoisotopic (exact) mass is 502 g/mol. The normalized spacial score (nSPS) is 48.5. The van der Waals surface area contributed by atoms with Gasteiger partial charge in [0.25, 0.3) is 0 Å². The number of rotatable bonds is 6. The van der Waals surface area contributed by atoms with Gasteiger partial charge in [-0.05, 0) is 148 Å². The Morgan fingerprint density at radius 3 is 2.19 bits per heavy atom. The predicted octanol–water partition coefficient (Wildman–Crippen LogP) is 7.63. The van der Waals surface area contributed by atoms with Gasteiger partial charge in [-0.25, -0.2) is 0 Å². The summed E-state index contributed by atoms with van der Waals surface area (Å²) < 4.78 is 5.41. The van der Waals surface area contributed by atoms with Crippen molar-refractivity contribution in [3.05, 3.63) is 0 Å². The lowest BCUT2D eigenvalue weighted by Gasteiger charge is -2.62. The molecule has 3 heteroatoms. The van der Waals surface area contributed by atoms with Gasteiger partial charge in [0, 0.05) is 7.11 Å². The van der Waals surface area contributed by atoms with Crippen molar-refractivity contribution in [2.45, 2.75) is 136 Å². The van der Waals surface area contributed by atoms with Crippen molar-refractivity contribution in [3.63, 3.8) is 0 Å². The average molecular weight is 503 g/mol. The second-order valence-corrected chi connectivity index (χ2v) is 16.0. The van der Waals surface area contributed by atoms with Gasteiger partial charge < -0.3 is 14.9 Å². The predicted molar refractivity (Wildman–Crippen MR) is 148 cm³/mol. The lowest BCUT2D eigenvalue weighted by molar-refractivity contribution is -0.164. The third kappa shape index (κ3) is 4.74. The Hall–Kier alpha value is -0.120. The molecule has 5 fully saturated rings. The molecule has 5 aliphatic rings. The first-order valence-electron chi connectivity index (χ1n) is 15.8. The number of fused-ring (bicyclic) bond motifs is 5. The van der Waals surface area contributed by atoms with Crippen molar-refractivity contribution >= 4 is 0 Å². The van der Waals surface area contributed by atoms with Gasteiger partial charge in [0.15, 0.2) is 0 Å². The molecule has 5 aliphatic carbocycles. The first kappa shape index (κ1) is 27.4. The summed E-state index contributed by atoms with van der Waals surface area (Å²) in [6.07, 6.45) is 17.3. The van der Waals surface area contributed by atoms with Crippen LogP contribution >= 0.6 is 0 Å². The van der Waals surface area contributed by atoms with Crippen LogP contribution < -0.4 is 0 Å². The maximum Gasteiger partial charge on any atom is 0.0883 e. The van der Waals surface area contributed by atoms with Crippen molar-refractivity contribution in [2.75, 3.05) is 13.7 Å². The van der Waals surface area contributed by atoms with Gasteiger partial charge in [0.2, 0.25) is 0 Å². The van der Waals surface area contributed by atoms with Crippen molar-refractivity contribution in [2.24, 2.45) is 57.7 Å². The third-order valence-corrected chi connectivity index (χ3v) is 13.6. The molecular weight excluding hydrogens is 444 g/mol. The lowest BCUT2D eigenvalue weighted by atomic mass is 9.43. The molecule has 0 spiro atoms.